The van der Waals surface area contributed by atoms with Crippen molar-refractivity contribution < 1.29 is 19.1 Å². The Balaban J connectivity index is 1.54. The molecule has 1 atom stereocenters. The van der Waals surface area contributed by atoms with E-state index in [4.69, 9.17) is 4.74 Å². The van der Waals surface area contributed by atoms with Gasteiger partial charge in [0.15, 0.2) is 5.17 Å². The Morgan fingerprint density at radius 1 is 1.13 bits per heavy atom. The van der Waals surface area contributed by atoms with Crippen LogP contribution >= 0.6 is 11.8 Å². The van der Waals surface area contributed by atoms with Gasteiger partial charge in [0.2, 0.25) is 11.8 Å². The van der Waals surface area contributed by atoms with Crippen LogP contribution in [0.5, 0.6) is 0 Å². The molecule has 0 unspecified atom stereocenters. The van der Waals surface area contributed by atoms with E-state index in [-0.39, 0.29) is 24.2 Å². The zero-order chi connectivity index (χ0) is 22.2. The van der Waals surface area contributed by atoms with Crippen molar-refractivity contribution in [2.75, 3.05) is 20.2 Å². The molecule has 0 aliphatic carbocycles. The first-order valence-electron chi connectivity index (χ1n) is 10.1. The van der Waals surface area contributed by atoms with E-state index >= 15 is 0 Å². The lowest BCUT2D eigenvalue weighted by atomic mass is 10.1. The number of aliphatic imine (C=N–C) groups is 1. The monoisotopic (exact) mass is 439 g/mol. The quantitative estimate of drug-likeness (QED) is 0.639. The number of nitrogens with one attached hydrogen (secondary N) is 1. The summed E-state index contributed by atoms with van der Waals surface area (Å²) in [5.74, 6) is -0.692. The molecule has 31 heavy (non-hydrogen) atoms. The molecule has 1 fully saturated rings. The van der Waals surface area contributed by atoms with Crippen molar-refractivity contribution in [1.82, 2.24) is 10.2 Å². The smallest absolute Gasteiger partial charge is 0.338 e. The summed E-state index contributed by atoms with van der Waals surface area (Å²) in [4.78, 5) is 42.5. The Labute approximate surface area is 185 Å². The maximum atomic E-state index is 12.5. The van der Waals surface area contributed by atoms with Gasteiger partial charge in [-0.2, -0.15) is 0 Å². The van der Waals surface area contributed by atoms with Gasteiger partial charge in [-0.3, -0.25) is 14.5 Å². The van der Waals surface area contributed by atoms with Crippen LogP contribution in [0.1, 0.15) is 29.3 Å². The number of ether oxygens (including phenoxy) is 1. The second-order valence-electron chi connectivity index (χ2n) is 6.96. The van der Waals surface area contributed by atoms with Gasteiger partial charge in [-0.05, 0) is 43.2 Å². The molecule has 1 aliphatic heterocycles. The topological polar surface area (TPSA) is 88.1 Å². The Hall–Kier alpha value is -3.13. The van der Waals surface area contributed by atoms with Gasteiger partial charge in [0, 0.05) is 20.0 Å². The van der Waals surface area contributed by atoms with Crippen molar-refractivity contribution in [2.45, 2.75) is 25.0 Å². The third-order valence-corrected chi connectivity index (χ3v) is 5.92. The van der Waals surface area contributed by atoms with Crippen LogP contribution in [0, 0.1) is 0 Å². The van der Waals surface area contributed by atoms with E-state index in [1.165, 1.54) is 16.7 Å². The zero-order valence-corrected chi connectivity index (χ0v) is 18.4. The molecule has 1 saturated heterocycles. The van der Waals surface area contributed by atoms with Gasteiger partial charge in [-0.1, -0.05) is 42.1 Å². The first kappa shape index (κ1) is 22.6. The highest BCUT2D eigenvalue weighted by atomic mass is 32.2. The first-order chi connectivity index (χ1) is 15.0. The minimum absolute atomic E-state index is 0.101. The molecule has 0 spiro atoms. The number of hydrogen-bond donors (Lipinski definition) is 1. The summed E-state index contributed by atoms with van der Waals surface area (Å²) in [5.41, 5.74) is 2.21. The van der Waals surface area contributed by atoms with Crippen LogP contribution < -0.4 is 5.32 Å². The third kappa shape index (κ3) is 6.18. The Morgan fingerprint density at radius 2 is 1.84 bits per heavy atom. The summed E-state index contributed by atoms with van der Waals surface area (Å²) in [6.07, 6.45) is 0.843. The molecule has 0 aromatic heterocycles. The summed E-state index contributed by atoms with van der Waals surface area (Å²) in [6.45, 7) is 2.59. The second-order valence-corrected chi connectivity index (χ2v) is 8.13. The van der Waals surface area contributed by atoms with Crippen LogP contribution in [0.4, 0.5) is 5.69 Å². The van der Waals surface area contributed by atoms with E-state index in [0.29, 0.717) is 29.6 Å². The van der Waals surface area contributed by atoms with Crippen LogP contribution in [0.3, 0.4) is 0 Å². The fourth-order valence-electron chi connectivity index (χ4n) is 3.03. The van der Waals surface area contributed by atoms with Gasteiger partial charge in [0.25, 0.3) is 0 Å². The van der Waals surface area contributed by atoms with Crippen LogP contribution in [0.15, 0.2) is 59.6 Å². The van der Waals surface area contributed by atoms with Gasteiger partial charge in [0.1, 0.15) is 5.25 Å². The predicted molar refractivity (Wildman–Crippen MR) is 121 cm³/mol. The molecule has 2 aromatic rings. The molecule has 0 bridgehead atoms. The van der Waals surface area contributed by atoms with Crippen LogP contribution in [-0.4, -0.2) is 53.3 Å². The minimum atomic E-state index is -0.501. The molecule has 0 radical (unpaired) electrons. The standard InChI is InChI=1S/C23H25N3O4S/c1-3-30-22(29)17-9-11-18(12-10-17)25-23-26(2)21(28)19(31-23)15-20(27)24-14-13-16-7-5-4-6-8-16/h4-12,19H,3,13-15H2,1-2H3,(H,24,27)/t19-/m1/s1. The molecular formula is C23H25N3O4S. The number of nitrogens with zero attached hydrogens (tertiary/aromatic N) is 2. The maximum absolute atomic E-state index is 12.5. The van der Waals surface area contributed by atoms with Crippen molar-refractivity contribution in [3.63, 3.8) is 0 Å². The number of carbonyl (C=O) groups excluding carboxylic acids is 3. The van der Waals surface area contributed by atoms with E-state index in [0.717, 1.165) is 12.0 Å². The summed E-state index contributed by atoms with van der Waals surface area (Å²) in [5, 5.41) is 2.90. The predicted octanol–water partition coefficient (Wildman–Crippen LogP) is 3.17. The Morgan fingerprint density at radius 3 is 2.52 bits per heavy atom. The normalized spacial score (nSPS) is 17.1. The van der Waals surface area contributed by atoms with Crippen LogP contribution in [0.25, 0.3) is 0 Å². The van der Waals surface area contributed by atoms with Crippen LogP contribution in [-0.2, 0) is 20.7 Å². The van der Waals surface area contributed by atoms with Crippen molar-refractivity contribution in [1.29, 1.82) is 0 Å². The SMILES string of the molecule is CCOC(=O)c1ccc(N=C2S[C@H](CC(=O)NCCc3ccccc3)C(=O)N2C)cc1. The van der Waals surface area contributed by atoms with Gasteiger partial charge in [-0.25, -0.2) is 9.79 Å². The summed E-state index contributed by atoms with van der Waals surface area (Å²) >= 11 is 1.27. The number of benzene rings is 2. The van der Waals surface area contributed by atoms with Crippen molar-refractivity contribution >= 4 is 40.4 Å². The van der Waals surface area contributed by atoms with E-state index in [1.54, 1.807) is 38.2 Å². The van der Waals surface area contributed by atoms with Gasteiger partial charge in [-0.15, -0.1) is 0 Å². The zero-order valence-electron chi connectivity index (χ0n) is 17.5. The largest absolute Gasteiger partial charge is 0.462 e. The fraction of sp³-hybridized carbons (Fsp3) is 0.304. The molecule has 1 N–H and O–H groups in total. The summed E-state index contributed by atoms with van der Waals surface area (Å²) < 4.78 is 4.97. The van der Waals surface area contributed by atoms with Crippen molar-refractivity contribution in [2.24, 2.45) is 4.99 Å². The van der Waals surface area contributed by atoms with Gasteiger partial charge >= 0.3 is 5.97 Å². The maximum Gasteiger partial charge on any atom is 0.338 e. The number of carbonyl (C=O) groups is 3. The highest BCUT2D eigenvalue weighted by Crippen LogP contribution is 2.30. The highest BCUT2D eigenvalue weighted by Gasteiger charge is 2.36. The molecule has 3 rings (SSSR count). The molecule has 0 saturated carbocycles. The average molecular weight is 440 g/mol. The summed E-state index contributed by atoms with van der Waals surface area (Å²) in [7, 11) is 1.65. The number of hydrogen-bond acceptors (Lipinski definition) is 6. The summed E-state index contributed by atoms with van der Waals surface area (Å²) in [6, 6.07) is 16.6. The Bertz CT molecular complexity index is 961. The molecule has 8 heteroatoms. The molecule has 2 amide bonds. The van der Waals surface area contributed by atoms with Crippen molar-refractivity contribution in [3.8, 4) is 0 Å². The second kappa shape index (κ2) is 10.8. The third-order valence-electron chi connectivity index (χ3n) is 4.69. The number of amidine groups is 1. The number of esters is 1. The van der Waals surface area contributed by atoms with Crippen molar-refractivity contribution in [3.05, 3.63) is 65.7 Å². The van der Waals surface area contributed by atoms with Gasteiger partial charge < -0.3 is 10.1 Å². The lowest BCUT2D eigenvalue weighted by Gasteiger charge is -2.09. The number of amides is 2. The highest BCUT2D eigenvalue weighted by molar-refractivity contribution is 8.15. The van der Waals surface area contributed by atoms with E-state index in [1.807, 2.05) is 30.3 Å². The lowest BCUT2D eigenvalue weighted by molar-refractivity contribution is -0.128. The Kier molecular flexibility index (Phi) is 7.83. The molecule has 1 heterocycles. The first-order valence-corrected chi connectivity index (χ1v) is 11.0. The minimum Gasteiger partial charge on any atom is -0.462 e. The molecular weight excluding hydrogens is 414 g/mol. The average Bonchev–Trinajstić information content (AvgIpc) is 3.03. The van der Waals surface area contributed by atoms with E-state index in [2.05, 4.69) is 10.3 Å². The molecule has 162 valence electrons. The number of rotatable bonds is 8. The molecule has 2 aromatic carbocycles. The van der Waals surface area contributed by atoms with E-state index in [9.17, 15) is 14.4 Å². The number of thioether (sulfide) groups is 1. The molecule has 1 aliphatic rings. The van der Waals surface area contributed by atoms with Gasteiger partial charge in [0.05, 0.1) is 17.9 Å². The van der Waals surface area contributed by atoms with Crippen LogP contribution in [0.2, 0.25) is 0 Å². The van der Waals surface area contributed by atoms with E-state index < -0.39 is 5.25 Å². The fourth-order valence-corrected chi connectivity index (χ4v) is 4.18. The molecule has 7 nitrogen and oxygen atoms in total. The lowest BCUT2D eigenvalue weighted by Crippen LogP contribution is -2.33.